The van der Waals surface area contributed by atoms with Crippen LogP contribution in [0, 0.1) is 5.92 Å². The van der Waals surface area contributed by atoms with Gasteiger partial charge in [0.25, 0.3) is 0 Å². The Balaban J connectivity index is 1.43. The van der Waals surface area contributed by atoms with Crippen LogP contribution in [0.1, 0.15) is 24.1 Å². The molecule has 4 rings (SSSR count). The molecular weight excluding hydrogens is 342 g/mol. The molecule has 0 aliphatic carbocycles. The van der Waals surface area contributed by atoms with Gasteiger partial charge in [0, 0.05) is 5.02 Å². The highest BCUT2D eigenvalue weighted by molar-refractivity contribution is 6.30. The lowest BCUT2D eigenvalue weighted by Gasteiger charge is -2.26. The van der Waals surface area contributed by atoms with Crippen molar-refractivity contribution >= 4 is 17.5 Å². The van der Waals surface area contributed by atoms with E-state index < -0.39 is 0 Å². The van der Waals surface area contributed by atoms with Gasteiger partial charge in [-0.3, -0.25) is 4.79 Å². The molecule has 1 amide bonds. The molecule has 25 heavy (non-hydrogen) atoms. The first kappa shape index (κ1) is 16.1. The van der Waals surface area contributed by atoms with E-state index >= 15 is 0 Å². The van der Waals surface area contributed by atoms with Crippen molar-refractivity contribution in [1.82, 2.24) is 5.32 Å². The molecule has 2 aliphatic heterocycles. The summed E-state index contributed by atoms with van der Waals surface area (Å²) >= 11 is 6.04. The Hall–Kier alpha value is -2.40. The summed E-state index contributed by atoms with van der Waals surface area (Å²) in [7, 11) is 0. The molecule has 1 N–H and O–H groups in total. The summed E-state index contributed by atoms with van der Waals surface area (Å²) in [4.78, 5) is 12.6. The smallest absolute Gasteiger partial charge is 0.231 e. The standard InChI is InChI=1S/C19H18ClNO4/c1-11(12-2-4-17-18(8-12)25-10-24-17)21-19(22)14-6-13-7-15(20)3-5-16(13)23-9-14/h2-5,7-8,11,14H,6,9-10H2,1H3,(H,21,22). The maximum atomic E-state index is 12.6. The Labute approximate surface area is 150 Å². The van der Waals surface area contributed by atoms with E-state index in [1.165, 1.54) is 0 Å². The Bertz CT molecular complexity index is 823. The van der Waals surface area contributed by atoms with E-state index in [0.29, 0.717) is 23.8 Å². The third-order valence-electron chi connectivity index (χ3n) is 4.56. The molecule has 2 aromatic rings. The Kier molecular flexibility index (Phi) is 4.17. The zero-order valence-corrected chi connectivity index (χ0v) is 14.5. The Morgan fingerprint density at radius 2 is 1.92 bits per heavy atom. The molecule has 5 nitrogen and oxygen atoms in total. The molecule has 0 fully saturated rings. The van der Waals surface area contributed by atoms with Gasteiger partial charge in [-0.15, -0.1) is 0 Å². The number of hydrogen-bond acceptors (Lipinski definition) is 4. The molecule has 2 aliphatic rings. The monoisotopic (exact) mass is 359 g/mol. The largest absolute Gasteiger partial charge is 0.492 e. The summed E-state index contributed by atoms with van der Waals surface area (Å²) in [6.07, 6.45) is 0.621. The lowest BCUT2D eigenvalue weighted by atomic mass is 9.95. The van der Waals surface area contributed by atoms with Gasteiger partial charge in [0.05, 0.1) is 12.0 Å². The minimum atomic E-state index is -0.234. The van der Waals surface area contributed by atoms with Gasteiger partial charge >= 0.3 is 0 Å². The Morgan fingerprint density at radius 1 is 1.12 bits per heavy atom. The maximum absolute atomic E-state index is 12.6. The highest BCUT2D eigenvalue weighted by Crippen LogP contribution is 2.34. The number of carbonyl (C=O) groups is 1. The third-order valence-corrected chi connectivity index (χ3v) is 4.79. The van der Waals surface area contributed by atoms with Gasteiger partial charge in [-0.05, 0) is 54.8 Å². The van der Waals surface area contributed by atoms with Gasteiger partial charge in [0.15, 0.2) is 11.5 Å². The van der Waals surface area contributed by atoms with E-state index in [-0.39, 0.29) is 24.7 Å². The second-order valence-corrected chi connectivity index (χ2v) is 6.74. The van der Waals surface area contributed by atoms with E-state index in [1.54, 1.807) is 6.07 Å². The number of fused-ring (bicyclic) bond motifs is 2. The van der Waals surface area contributed by atoms with E-state index in [2.05, 4.69) is 5.32 Å². The van der Waals surface area contributed by atoms with Crippen molar-refractivity contribution in [2.45, 2.75) is 19.4 Å². The molecule has 0 spiro atoms. The van der Waals surface area contributed by atoms with Crippen molar-refractivity contribution < 1.29 is 19.0 Å². The number of carbonyl (C=O) groups excluding carboxylic acids is 1. The fourth-order valence-corrected chi connectivity index (χ4v) is 3.32. The van der Waals surface area contributed by atoms with Gasteiger partial charge < -0.3 is 19.5 Å². The van der Waals surface area contributed by atoms with E-state index in [9.17, 15) is 4.79 Å². The minimum Gasteiger partial charge on any atom is -0.492 e. The summed E-state index contributed by atoms with van der Waals surface area (Å²) in [5.41, 5.74) is 1.94. The second kappa shape index (κ2) is 6.48. The van der Waals surface area contributed by atoms with Crippen LogP contribution in [0.3, 0.4) is 0 Å². The van der Waals surface area contributed by atoms with Crippen LogP contribution >= 0.6 is 11.6 Å². The molecule has 0 radical (unpaired) electrons. The fraction of sp³-hybridized carbons (Fsp3) is 0.316. The van der Waals surface area contributed by atoms with Crippen LogP contribution in [0.5, 0.6) is 17.2 Å². The quantitative estimate of drug-likeness (QED) is 0.911. The average Bonchev–Trinajstić information content (AvgIpc) is 3.08. The molecular formula is C19H18ClNO4. The summed E-state index contributed by atoms with van der Waals surface area (Å²) in [5, 5.41) is 3.70. The van der Waals surface area contributed by atoms with E-state index in [0.717, 1.165) is 22.6 Å². The third kappa shape index (κ3) is 3.24. The summed E-state index contributed by atoms with van der Waals surface area (Å²) in [5.74, 6) is 1.98. The minimum absolute atomic E-state index is 0.0317. The lowest BCUT2D eigenvalue weighted by Crippen LogP contribution is -2.38. The first-order chi connectivity index (χ1) is 12.1. The lowest BCUT2D eigenvalue weighted by molar-refractivity contribution is -0.126. The highest BCUT2D eigenvalue weighted by atomic mass is 35.5. The van der Waals surface area contributed by atoms with Crippen molar-refractivity contribution in [3.8, 4) is 17.2 Å². The van der Waals surface area contributed by atoms with Crippen LogP contribution < -0.4 is 19.5 Å². The second-order valence-electron chi connectivity index (χ2n) is 6.31. The molecule has 2 atom stereocenters. The van der Waals surface area contributed by atoms with Crippen LogP contribution in [-0.4, -0.2) is 19.3 Å². The number of ether oxygens (including phenoxy) is 3. The van der Waals surface area contributed by atoms with Crippen LogP contribution in [0.25, 0.3) is 0 Å². The number of benzene rings is 2. The molecule has 0 bridgehead atoms. The van der Waals surface area contributed by atoms with Gasteiger partial charge in [0.1, 0.15) is 12.4 Å². The normalized spacial score (nSPS) is 18.9. The highest BCUT2D eigenvalue weighted by Gasteiger charge is 2.27. The van der Waals surface area contributed by atoms with E-state index in [4.69, 9.17) is 25.8 Å². The van der Waals surface area contributed by atoms with Crippen molar-refractivity contribution in [3.05, 3.63) is 52.5 Å². The SMILES string of the molecule is CC(NC(=O)C1COc2ccc(Cl)cc2C1)c1ccc2c(c1)OCO2. The molecule has 130 valence electrons. The predicted molar refractivity (Wildman–Crippen MR) is 93.3 cm³/mol. The number of rotatable bonds is 3. The van der Waals surface area contributed by atoms with Gasteiger partial charge in [-0.1, -0.05) is 17.7 Å². The maximum Gasteiger partial charge on any atom is 0.231 e. The fourth-order valence-electron chi connectivity index (χ4n) is 3.13. The van der Waals surface area contributed by atoms with Gasteiger partial charge in [-0.2, -0.15) is 0 Å². The van der Waals surface area contributed by atoms with Crippen molar-refractivity contribution in [2.24, 2.45) is 5.92 Å². The topological polar surface area (TPSA) is 56.8 Å². The number of amides is 1. The van der Waals surface area contributed by atoms with Crippen LogP contribution in [0.15, 0.2) is 36.4 Å². The number of nitrogens with one attached hydrogen (secondary N) is 1. The number of halogens is 1. The molecule has 0 saturated heterocycles. The van der Waals surface area contributed by atoms with Gasteiger partial charge in [-0.25, -0.2) is 0 Å². The van der Waals surface area contributed by atoms with Crippen LogP contribution in [0.2, 0.25) is 5.02 Å². The summed E-state index contributed by atoms with van der Waals surface area (Å²) in [6, 6.07) is 11.1. The number of hydrogen-bond donors (Lipinski definition) is 1. The summed E-state index contributed by atoms with van der Waals surface area (Å²) < 4.78 is 16.4. The average molecular weight is 360 g/mol. The molecule has 2 aromatic carbocycles. The van der Waals surface area contributed by atoms with E-state index in [1.807, 2.05) is 37.3 Å². The molecule has 2 unspecified atom stereocenters. The summed E-state index contributed by atoms with van der Waals surface area (Å²) in [6.45, 7) is 2.55. The molecule has 6 heteroatoms. The zero-order chi connectivity index (χ0) is 17.4. The van der Waals surface area contributed by atoms with Gasteiger partial charge in [0.2, 0.25) is 12.7 Å². The first-order valence-electron chi connectivity index (χ1n) is 8.21. The van der Waals surface area contributed by atoms with Crippen molar-refractivity contribution in [2.75, 3.05) is 13.4 Å². The first-order valence-corrected chi connectivity index (χ1v) is 8.59. The molecule has 0 saturated carbocycles. The van der Waals surface area contributed by atoms with Crippen molar-refractivity contribution in [1.29, 1.82) is 0 Å². The van der Waals surface area contributed by atoms with Crippen LogP contribution in [0.4, 0.5) is 0 Å². The van der Waals surface area contributed by atoms with Crippen LogP contribution in [-0.2, 0) is 11.2 Å². The zero-order valence-electron chi connectivity index (χ0n) is 13.8. The van der Waals surface area contributed by atoms with Crippen molar-refractivity contribution in [3.63, 3.8) is 0 Å². The molecule has 2 heterocycles. The molecule has 0 aromatic heterocycles. The Morgan fingerprint density at radius 3 is 2.80 bits per heavy atom. The predicted octanol–water partition coefficient (Wildman–Crippen LogP) is 3.50.